The molecule has 0 bridgehead atoms. The van der Waals surface area contributed by atoms with Crippen molar-refractivity contribution in [3.05, 3.63) is 24.3 Å². The number of methoxy groups -OCH3 is 1. The second-order valence-corrected chi connectivity index (χ2v) is 4.98. The van der Waals surface area contributed by atoms with Gasteiger partial charge in [-0.15, -0.1) is 0 Å². The lowest BCUT2D eigenvalue weighted by Crippen LogP contribution is -2.41. The first-order valence-electron chi connectivity index (χ1n) is 6.88. The third kappa shape index (κ3) is 3.62. The van der Waals surface area contributed by atoms with Crippen LogP contribution in [0.5, 0.6) is 0 Å². The van der Waals surface area contributed by atoms with Gasteiger partial charge in [0.15, 0.2) is 6.61 Å². The van der Waals surface area contributed by atoms with Crippen molar-refractivity contribution in [3.63, 3.8) is 0 Å². The van der Waals surface area contributed by atoms with Gasteiger partial charge in [-0.2, -0.15) is 0 Å². The maximum atomic E-state index is 12.4. The Morgan fingerprint density at radius 1 is 1.32 bits per heavy atom. The van der Waals surface area contributed by atoms with E-state index in [4.69, 9.17) is 4.74 Å². The lowest BCUT2D eigenvalue weighted by atomic mass is 10.1. The predicted molar refractivity (Wildman–Crippen MR) is 79.5 cm³/mol. The molecule has 1 aromatic carbocycles. The Hall–Kier alpha value is -2.41. The molecule has 1 atom stereocenters. The number of nitrogens with zero attached hydrogens (tertiary/aromatic N) is 1. The van der Waals surface area contributed by atoms with E-state index in [9.17, 15) is 14.4 Å². The Bertz CT molecular complexity index is 587. The standard InChI is InChI=1S/C15H18N2O5/c1-10-7-13(18)16-11-5-3-4-6-12(11)17(10)14(19)8-22-15(20)9-21-2/h3-6,10H,7-9H2,1-2H3,(H,16,18)/t10-/m1/s1. The van der Waals surface area contributed by atoms with Crippen LogP contribution in [0.25, 0.3) is 0 Å². The van der Waals surface area contributed by atoms with Gasteiger partial charge in [0, 0.05) is 19.6 Å². The normalized spacial score (nSPS) is 17.3. The number of fused-ring (bicyclic) bond motifs is 1. The molecule has 1 aliphatic heterocycles. The maximum Gasteiger partial charge on any atom is 0.332 e. The van der Waals surface area contributed by atoms with Crippen molar-refractivity contribution in [2.75, 3.05) is 30.5 Å². The molecule has 0 saturated carbocycles. The smallest absolute Gasteiger partial charge is 0.332 e. The van der Waals surface area contributed by atoms with E-state index in [-0.39, 0.29) is 30.9 Å². The number of esters is 1. The van der Waals surface area contributed by atoms with Crippen LogP contribution >= 0.6 is 0 Å². The molecule has 0 saturated heterocycles. The number of nitrogens with one attached hydrogen (secondary N) is 1. The van der Waals surface area contributed by atoms with Crippen molar-refractivity contribution < 1.29 is 23.9 Å². The lowest BCUT2D eigenvalue weighted by Gasteiger charge is -2.27. The summed E-state index contributed by atoms with van der Waals surface area (Å²) in [5.74, 6) is -1.16. The molecule has 1 aromatic rings. The van der Waals surface area contributed by atoms with E-state index in [0.717, 1.165) is 0 Å². The van der Waals surface area contributed by atoms with Gasteiger partial charge in [-0.05, 0) is 19.1 Å². The van der Waals surface area contributed by atoms with Crippen LogP contribution in [0.15, 0.2) is 24.3 Å². The average Bonchev–Trinajstić information content (AvgIpc) is 2.59. The van der Waals surface area contributed by atoms with Crippen molar-refractivity contribution in [2.45, 2.75) is 19.4 Å². The Morgan fingerprint density at radius 3 is 2.77 bits per heavy atom. The number of hydrogen-bond acceptors (Lipinski definition) is 5. The third-order valence-electron chi connectivity index (χ3n) is 3.25. The highest BCUT2D eigenvalue weighted by Crippen LogP contribution is 2.31. The number of anilines is 2. The van der Waals surface area contributed by atoms with Crippen molar-refractivity contribution >= 4 is 29.2 Å². The average molecular weight is 306 g/mol. The van der Waals surface area contributed by atoms with Crippen molar-refractivity contribution in [2.24, 2.45) is 0 Å². The van der Waals surface area contributed by atoms with Crippen LogP contribution in [0.1, 0.15) is 13.3 Å². The maximum absolute atomic E-state index is 12.4. The number of ether oxygens (including phenoxy) is 2. The molecule has 2 amide bonds. The highest BCUT2D eigenvalue weighted by Gasteiger charge is 2.29. The summed E-state index contributed by atoms with van der Waals surface area (Å²) < 4.78 is 9.51. The summed E-state index contributed by atoms with van der Waals surface area (Å²) in [6, 6.07) is 6.68. The molecule has 0 radical (unpaired) electrons. The highest BCUT2D eigenvalue weighted by molar-refractivity contribution is 6.05. The van der Waals surface area contributed by atoms with E-state index in [1.165, 1.54) is 12.0 Å². The molecule has 2 rings (SSSR count). The Kier molecular flexibility index (Phi) is 5.11. The summed E-state index contributed by atoms with van der Waals surface area (Å²) >= 11 is 0. The van der Waals surface area contributed by atoms with Gasteiger partial charge in [-0.25, -0.2) is 4.79 Å². The van der Waals surface area contributed by atoms with Gasteiger partial charge in [0.1, 0.15) is 6.61 Å². The zero-order chi connectivity index (χ0) is 16.1. The van der Waals surface area contributed by atoms with E-state index in [2.05, 4.69) is 10.1 Å². The van der Waals surface area contributed by atoms with Crippen LogP contribution in [0.4, 0.5) is 11.4 Å². The summed E-state index contributed by atoms with van der Waals surface area (Å²) in [7, 11) is 1.37. The lowest BCUT2D eigenvalue weighted by molar-refractivity contribution is -0.151. The number of hydrogen-bond donors (Lipinski definition) is 1. The van der Waals surface area contributed by atoms with Gasteiger partial charge in [0.05, 0.1) is 11.4 Å². The van der Waals surface area contributed by atoms with E-state index in [1.54, 1.807) is 31.2 Å². The largest absolute Gasteiger partial charge is 0.454 e. The van der Waals surface area contributed by atoms with Crippen LogP contribution < -0.4 is 10.2 Å². The van der Waals surface area contributed by atoms with Crippen LogP contribution in [0.2, 0.25) is 0 Å². The number of amides is 2. The van der Waals surface area contributed by atoms with Crippen molar-refractivity contribution in [1.82, 2.24) is 0 Å². The second-order valence-electron chi connectivity index (χ2n) is 4.98. The fourth-order valence-corrected chi connectivity index (χ4v) is 2.34. The SMILES string of the molecule is COCC(=O)OCC(=O)N1c2ccccc2NC(=O)C[C@H]1C. The fourth-order valence-electron chi connectivity index (χ4n) is 2.34. The molecule has 7 nitrogen and oxygen atoms in total. The molecular formula is C15H18N2O5. The van der Waals surface area contributed by atoms with Gasteiger partial charge in [-0.3, -0.25) is 9.59 Å². The number of carbonyl (C=O) groups excluding carboxylic acids is 3. The first-order chi connectivity index (χ1) is 10.5. The van der Waals surface area contributed by atoms with Crippen molar-refractivity contribution in [1.29, 1.82) is 0 Å². The quantitative estimate of drug-likeness (QED) is 0.837. The first kappa shape index (κ1) is 16.0. The minimum absolute atomic E-state index is 0.161. The molecule has 0 unspecified atom stereocenters. The van der Waals surface area contributed by atoms with E-state index in [0.29, 0.717) is 11.4 Å². The van der Waals surface area contributed by atoms with Crippen LogP contribution in [0.3, 0.4) is 0 Å². The number of benzene rings is 1. The van der Waals surface area contributed by atoms with E-state index < -0.39 is 12.6 Å². The molecule has 0 aromatic heterocycles. The van der Waals surface area contributed by atoms with Crippen LogP contribution in [-0.4, -0.2) is 44.1 Å². The summed E-state index contributed by atoms with van der Waals surface area (Å²) in [4.78, 5) is 37.0. The zero-order valence-electron chi connectivity index (χ0n) is 12.5. The van der Waals surface area contributed by atoms with Gasteiger partial charge in [0.25, 0.3) is 5.91 Å². The second kappa shape index (κ2) is 7.04. The first-order valence-corrected chi connectivity index (χ1v) is 6.88. The number of rotatable bonds is 4. The Balaban J connectivity index is 2.18. The molecule has 7 heteroatoms. The topological polar surface area (TPSA) is 84.9 Å². The van der Waals surface area contributed by atoms with Crippen LogP contribution in [0, 0.1) is 0 Å². The van der Waals surface area contributed by atoms with Crippen molar-refractivity contribution in [3.8, 4) is 0 Å². The van der Waals surface area contributed by atoms with Gasteiger partial charge in [0.2, 0.25) is 5.91 Å². The third-order valence-corrected chi connectivity index (χ3v) is 3.25. The summed E-state index contributed by atoms with van der Waals surface area (Å²) in [6.45, 7) is 1.17. The molecule has 0 spiro atoms. The molecule has 1 aliphatic rings. The zero-order valence-corrected chi connectivity index (χ0v) is 12.5. The van der Waals surface area contributed by atoms with Gasteiger partial charge in [-0.1, -0.05) is 12.1 Å². The number of para-hydroxylation sites is 2. The molecule has 0 fully saturated rings. The highest BCUT2D eigenvalue weighted by atomic mass is 16.6. The monoisotopic (exact) mass is 306 g/mol. The Morgan fingerprint density at radius 2 is 2.05 bits per heavy atom. The fraction of sp³-hybridized carbons (Fsp3) is 0.400. The molecule has 118 valence electrons. The van der Waals surface area contributed by atoms with Crippen LogP contribution in [-0.2, 0) is 23.9 Å². The predicted octanol–water partition coefficient (Wildman–Crippen LogP) is 0.940. The minimum atomic E-state index is -0.610. The molecular weight excluding hydrogens is 288 g/mol. The van der Waals surface area contributed by atoms with E-state index in [1.807, 2.05) is 0 Å². The molecule has 1 heterocycles. The van der Waals surface area contributed by atoms with E-state index >= 15 is 0 Å². The molecule has 1 N–H and O–H groups in total. The minimum Gasteiger partial charge on any atom is -0.454 e. The summed E-state index contributed by atoms with van der Waals surface area (Å²) in [6.07, 6.45) is 0.173. The van der Waals surface area contributed by atoms with Gasteiger partial charge >= 0.3 is 5.97 Å². The summed E-state index contributed by atoms with van der Waals surface area (Å²) in [5, 5.41) is 2.76. The Labute approximate surface area is 128 Å². The molecule has 22 heavy (non-hydrogen) atoms. The number of carbonyl (C=O) groups is 3. The molecule has 0 aliphatic carbocycles. The summed E-state index contributed by atoms with van der Waals surface area (Å²) in [5.41, 5.74) is 1.15. The van der Waals surface area contributed by atoms with Gasteiger partial charge < -0.3 is 19.7 Å².